The minimum atomic E-state index is -0.497. The SMILES string of the molecule is CC[N+]1=C(C)C(C)(C)c2cc(NC(=O)OC(C)(C)C)ccc21. The number of hydrogen-bond acceptors (Lipinski definition) is 2. The summed E-state index contributed by atoms with van der Waals surface area (Å²) >= 11 is 0. The van der Waals surface area contributed by atoms with Crippen LogP contribution in [0.4, 0.5) is 16.2 Å². The summed E-state index contributed by atoms with van der Waals surface area (Å²) in [5, 5.41) is 2.82. The van der Waals surface area contributed by atoms with Gasteiger partial charge in [0.1, 0.15) is 12.1 Å². The average molecular weight is 303 g/mol. The number of anilines is 1. The van der Waals surface area contributed by atoms with E-state index < -0.39 is 11.7 Å². The second-order valence-corrected chi connectivity index (χ2v) is 7.31. The number of nitrogens with one attached hydrogen (secondary N) is 1. The molecule has 1 aliphatic heterocycles. The summed E-state index contributed by atoms with van der Waals surface area (Å²) in [5.41, 5.74) is 4.03. The van der Waals surface area contributed by atoms with Crippen LogP contribution in [-0.2, 0) is 10.2 Å². The lowest BCUT2D eigenvalue weighted by Gasteiger charge is -2.20. The van der Waals surface area contributed by atoms with Gasteiger partial charge in [-0.3, -0.25) is 5.32 Å². The number of nitrogens with zero attached hydrogens (tertiary/aromatic N) is 1. The summed E-state index contributed by atoms with van der Waals surface area (Å²) in [5.74, 6) is 0. The monoisotopic (exact) mass is 303 g/mol. The normalized spacial score (nSPS) is 16.5. The van der Waals surface area contributed by atoms with Crippen LogP contribution in [0.15, 0.2) is 18.2 Å². The van der Waals surface area contributed by atoms with E-state index in [0.29, 0.717) is 0 Å². The van der Waals surface area contributed by atoms with E-state index in [-0.39, 0.29) is 5.41 Å². The Kier molecular flexibility index (Phi) is 4.07. The van der Waals surface area contributed by atoms with E-state index in [2.05, 4.69) is 49.7 Å². The Morgan fingerprint density at radius 2 is 1.95 bits per heavy atom. The first-order chi connectivity index (χ1) is 10.1. The van der Waals surface area contributed by atoms with Gasteiger partial charge in [-0.05, 0) is 53.7 Å². The molecular weight excluding hydrogens is 276 g/mol. The second-order valence-electron chi connectivity index (χ2n) is 7.31. The molecule has 0 fully saturated rings. The minimum Gasteiger partial charge on any atom is -0.444 e. The maximum absolute atomic E-state index is 11.9. The molecule has 1 N–H and O–H groups in total. The number of carbonyl (C=O) groups excluding carboxylic acids is 1. The molecule has 0 radical (unpaired) electrons. The molecule has 0 spiro atoms. The van der Waals surface area contributed by atoms with Gasteiger partial charge in [0.25, 0.3) is 0 Å². The Labute approximate surface area is 133 Å². The summed E-state index contributed by atoms with van der Waals surface area (Å²) in [6.07, 6.45) is -0.420. The van der Waals surface area contributed by atoms with Crippen LogP contribution >= 0.6 is 0 Å². The molecule has 1 heterocycles. The van der Waals surface area contributed by atoms with E-state index in [9.17, 15) is 4.79 Å². The van der Waals surface area contributed by atoms with E-state index in [1.807, 2.05) is 26.8 Å². The quantitative estimate of drug-likeness (QED) is 0.820. The fraction of sp³-hybridized carbons (Fsp3) is 0.556. The molecule has 4 heteroatoms. The topological polar surface area (TPSA) is 41.3 Å². The second kappa shape index (κ2) is 5.41. The van der Waals surface area contributed by atoms with Crippen LogP contribution in [0.5, 0.6) is 0 Å². The summed E-state index contributed by atoms with van der Waals surface area (Å²) in [7, 11) is 0. The van der Waals surface area contributed by atoms with Gasteiger partial charge in [0, 0.05) is 24.2 Å². The van der Waals surface area contributed by atoms with Gasteiger partial charge >= 0.3 is 6.09 Å². The van der Waals surface area contributed by atoms with Crippen LogP contribution in [0, 0.1) is 0 Å². The first-order valence-electron chi connectivity index (χ1n) is 7.82. The lowest BCUT2D eigenvalue weighted by Crippen LogP contribution is -2.28. The van der Waals surface area contributed by atoms with Gasteiger partial charge in [0.2, 0.25) is 5.69 Å². The molecule has 22 heavy (non-hydrogen) atoms. The number of amides is 1. The number of fused-ring (bicyclic) bond motifs is 1. The average Bonchev–Trinajstić information content (AvgIpc) is 2.56. The predicted octanol–water partition coefficient (Wildman–Crippen LogP) is 4.45. The zero-order valence-corrected chi connectivity index (χ0v) is 14.7. The van der Waals surface area contributed by atoms with Crippen LogP contribution in [0.1, 0.15) is 54.0 Å². The highest BCUT2D eigenvalue weighted by molar-refractivity contribution is 5.94. The van der Waals surface area contributed by atoms with Gasteiger partial charge < -0.3 is 4.74 Å². The zero-order chi connectivity index (χ0) is 16.7. The summed E-state index contributed by atoms with van der Waals surface area (Å²) in [6, 6.07) is 6.06. The molecule has 0 unspecified atom stereocenters. The highest BCUT2D eigenvalue weighted by Gasteiger charge is 2.42. The fourth-order valence-corrected chi connectivity index (χ4v) is 2.89. The maximum Gasteiger partial charge on any atom is 0.412 e. The van der Waals surface area contributed by atoms with Gasteiger partial charge in [-0.2, -0.15) is 4.58 Å². The molecule has 0 saturated heterocycles. The van der Waals surface area contributed by atoms with Crippen LogP contribution in [-0.4, -0.2) is 28.5 Å². The van der Waals surface area contributed by atoms with E-state index >= 15 is 0 Å². The lowest BCUT2D eigenvalue weighted by molar-refractivity contribution is -0.434. The summed E-state index contributed by atoms with van der Waals surface area (Å²) < 4.78 is 7.64. The molecule has 0 bridgehead atoms. The molecule has 1 aliphatic rings. The highest BCUT2D eigenvalue weighted by Crippen LogP contribution is 2.40. The van der Waals surface area contributed by atoms with Crippen molar-refractivity contribution in [1.82, 2.24) is 0 Å². The van der Waals surface area contributed by atoms with E-state index in [4.69, 9.17) is 4.74 Å². The van der Waals surface area contributed by atoms with Gasteiger partial charge in [-0.15, -0.1) is 0 Å². The zero-order valence-electron chi connectivity index (χ0n) is 14.7. The Balaban J connectivity index is 2.29. The van der Waals surface area contributed by atoms with Crippen LogP contribution in [0.3, 0.4) is 0 Å². The van der Waals surface area contributed by atoms with Gasteiger partial charge in [0.05, 0.1) is 5.41 Å². The molecule has 4 nitrogen and oxygen atoms in total. The highest BCUT2D eigenvalue weighted by atomic mass is 16.6. The molecule has 0 aromatic heterocycles. The smallest absolute Gasteiger partial charge is 0.412 e. The summed E-state index contributed by atoms with van der Waals surface area (Å²) in [4.78, 5) is 11.9. The first-order valence-corrected chi connectivity index (χ1v) is 7.82. The van der Waals surface area contributed by atoms with Crippen molar-refractivity contribution >= 4 is 23.2 Å². The Bertz CT molecular complexity index is 637. The number of carbonyl (C=O) groups is 1. The third-order valence-corrected chi connectivity index (χ3v) is 4.23. The number of rotatable bonds is 2. The molecule has 0 aliphatic carbocycles. The molecule has 1 amide bonds. The van der Waals surface area contributed by atoms with Crippen molar-refractivity contribution in [2.75, 3.05) is 11.9 Å². The third-order valence-electron chi connectivity index (χ3n) is 4.23. The van der Waals surface area contributed by atoms with Crippen LogP contribution in [0.25, 0.3) is 0 Å². The molecule has 2 rings (SSSR count). The van der Waals surface area contributed by atoms with E-state index in [0.717, 1.165) is 12.2 Å². The van der Waals surface area contributed by atoms with Crippen molar-refractivity contribution < 1.29 is 14.1 Å². The Morgan fingerprint density at radius 3 is 2.50 bits per heavy atom. The van der Waals surface area contributed by atoms with Crippen molar-refractivity contribution in [3.63, 3.8) is 0 Å². The summed E-state index contributed by atoms with van der Waals surface area (Å²) in [6.45, 7) is 15.3. The standard InChI is InChI=1S/C18H26N2O2/c1-8-20-12(2)18(6,7)14-11-13(9-10-15(14)20)19-16(21)22-17(3,4)5/h9-11H,8H2,1-7H3/p+1. The largest absolute Gasteiger partial charge is 0.444 e. The number of benzene rings is 1. The van der Waals surface area contributed by atoms with E-state index in [1.165, 1.54) is 17.0 Å². The maximum atomic E-state index is 11.9. The predicted molar refractivity (Wildman–Crippen MR) is 90.5 cm³/mol. The van der Waals surface area contributed by atoms with Crippen molar-refractivity contribution in [3.8, 4) is 0 Å². The molecular formula is C18H27N2O2+. The van der Waals surface area contributed by atoms with Crippen molar-refractivity contribution in [1.29, 1.82) is 0 Å². The van der Waals surface area contributed by atoms with E-state index in [1.54, 1.807) is 0 Å². The number of hydrogen-bond donors (Lipinski definition) is 1. The van der Waals surface area contributed by atoms with Crippen LogP contribution < -0.4 is 5.32 Å². The third kappa shape index (κ3) is 3.01. The molecule has 1 aromatic rings. The van der Waals surface area contributed by atoms with Crippen LogP contribution in [0.2, 0.25) is 0 Å². The molecule has 0 atom stereocenters. The molecule has 120 valence electrons. The van der Waals surface area contributed by atoms with Gasteiger partial charge in [0.15, 0.2) is 5.71 Å². The Morgan fingerprint density at radius 1 is 1.32 bits per heavy atom. The lowest BCUT2D eigenvalue weighted by atomic mass is 9.82. The van der Waals surface area contributed by atoms with Crippen molar-refractivity contribution in [3.05, 3.63) is 23.8 Å². The first kappa shape index (κ1) is 16.5. The van der Waals surface area contributed by atoms with Crippen molar-refractivity contribution in [2.24, 2.45) is 0 Å². The van der Waals surface area contributed by atoms with Gasteiger partial charge in [-0.1, -0.05) is 0 Å². The minimum absolute atomic E-state index is 0.0308. The fourth-order valence-electron chi connectivity index (χ4n) is 2.89. The number of ether oxygens (including phenoxy) is 1. The van der Waals surface area contributed by atoms with Crippen molar-refractivity contribution in [2.45, 2.75) is 59.5 Å². The molecule has 1 aromatic carbocycles. The van der Waals surface area contributed by atoms with Gasteiger partial charge in [-0.25, -0.2) is 4.79 Å². The Hall–Kier alpha value is -1.84. The molecule has 0 saturated carbocycles.